The minimum atomic E-state index is 0.304. The normalized spacial score (nSPS) is 23.5. The smallest absolute Gasteiger partial charge is 0.241 e. The van der Waals surface area contributed by atoms with Gasteiger partial charge in [-0.2, -0.15) is 16.3 Å². The predicted molar refractivity (Wildman–Crippen MR) is 80.9 cm³/mol. The number of nitrogens with zero attached hydrogens (tertiary/aromatic N) is 3. The van der Waals surface area contributed by atoms with Crippen LogP contribution in [0.15, 0.2) is 21.3 Å². The molecule has 0 bridgehead atoms. The van der Waals surface area contributed by atoms with E-state index in [1.54, 1.807) is 18.4 Å². The van der Waals surface area contributed by atoms with Gasteiger partial charge >= 0.3 is 0 Å². The third kappa shape index (κ3) is 3.32. The highest BCUT2D eigenvalue weighted by atomic mass is 32.1. The molecular formula is C14H20N4O2S. The number of rotatable bonds is 5. The molecule has 2 aromatic rings. The highest BCUT2D eigenvalue weighted by Gasteiger charge is 2.28. The van der Waals surface area contributed by atoms with Crippen LogP contribution in [0.4, 0.5) is 0 Å². The second-order valence-corrected chi connectivity index (χ2v) is 6.05. The predicted octanol–water partition coefficient (Wildman–Crippen LogP) is 1.74. The molecule has 2 atom stereocenters. The number of hydrogen-bond acceptors (Lipinski definition) is 7. The Bertz CT molecular complexity index is 557. The van der Waals surface area contributed by atoms with Crippen molar-refractivity contribution in [2.24, 2.45) is 5.73 Å². The van der Waals surface area contributed by atoms with Crippen LogP contribution in [-0.4, -0.2) is 47.4 Å². The molecule has 0 amide bonds. The minimum absolute atomic E-state index is 0.304. The Balaban J connectivity index is 1.66. The van der Waals surface area contributed by atoms with Crippen molar-refractivity contribution in [1.29, 1.82) is 0 Å². The van der Waals surface area contributed by atoms with Gasteiger partial charge in [0.25, 0.3) is 0 Å². The van der Waals surface area contributed by atoms with Crippen molar-refractivity contribution in [2.45, 2.75) is 31.5 Å². The van der Waals surface area contributed by atoms with Gasteiger partial charge in [0, 0.05) is 37.2 Å². The molecule has 0 saturated carbocycles. The van der Waals surface area contributed by atoms with Gasteiger partial charge in [0.1, 0.15) is 0 Å². The first-order valence-corrected chi connectivity index (χ1v) is 8.06. The number of thiophene rings is 1. The number of likely N-dealkylation sites (tertiary alicyclic amines) is 1. The summed E-state index contributed by atoms with van der Waals surface area (Å²) in [7, 11) is 1.76. The van der Waals surface area contributed by atoms with Crippen LogP contribution in [0, 0.1) is 0 Å². The van der Waals surface area contributed by atoms with Crippen LogP contribution >= 0.6 is 11.3 Å². The molecule has 7 heteroatoms. The van der Waals surface area contributed by atoms with Crippen molar-refractivity contribution in [3.63, 3.8) is 0 Å². The lowest BCUT2D eigenvalue weighted by molar-refractivity contribution is 0.00676. The van der Waals surface area contributed by atoms with E-state index in [4.69, 9.17) is 15.0 Å². The molecule has 0 radical (unpaired) electrons. The van der Waals surface area contributed by atoms with Gasteiger partial charge in [-0.25, -0.2) is 0 Å². The van der Waals surface area contributed by atoms with Gasteiger partial charge in [-0.15, -0.1) is 0 Å². The van der Waals surface area contributed by atoms with Crippen molar-refractivity contribution in [3.05, 3.63) is 22.7 Å². The molecule has 1 aliphatic rings. The highest BCUT2D eigenvalue weighted by molar-refractivity contribution is 7.08. The quantitative estimate of drug-likeness (QED) is 0.906. The topological polar surface area (TPSA) is 77.4 Å². The van der Waals surface area contributed by atoms with Gasteiger partial charge in [0.05, 0.1) is 12.6 Å². The van der Waals surface area contributed by atoms with Gasteiger partial charge in [0.15, 0.2) is 0 Å². The molecule has 1 saturated heterocycles. The summed E-state index contributed by atoms with van der Waals surface area (Å²) >= 11 is 1.62. The summed E-state index contributed by atoms with van der Waals surface area (Å²) in [5.74, 6) is 1.30. The lowest BCUT2D eigenvalue weighted by atomic mass is 9.99. The summed E-state index contributed by atoms with van der Waals surface area (Å²) in [4.78, 5) is 6.78. The molecule has 2 N–H and O–H groups in total. The molecule has 0 spiro atoms. The fraction of sp³-hybridized carbons (Fsp3) is 0.571. The monoisotopic (exact) mass is 308 g/mol. The van der Waals surface area contributed by atoms with Gasteiger partial charge in [0.2, 0.25) is 11.7 Å². The van der Waals surface area contributed by atoms with E-state index in [1.165, 1.54) is 0 Å². The summed E-state index contributed by atoms with van der Waals surface area (Å²) in [6.07, 6.45) is 2.27. The first kappa shape index (κ1) is 14.6. The minimum Gasteiger partial charge on any atom is -0.381 e. The van der Waals surface area contributed by atoms with Crippen molar-refractivity contribution < 1.29 is 9.26 Å². The highest BCUT2D eigenvalue weighted by Crippen LogP contribution is 2.23. The van der Waals surface area contributed by atoms with E-state index in [9.17, 15) is 0 Å². The molecule has 3 rings (SSSR count). The lowest BCUT2D eigenvalue weighted by Crippen LogP contribution is -2.48. The SMILES string of the molecule is COC1CCN(Cc2nc(-c3ccsc3)no2)C(CN)C1. The maximum Gasteiger partial charge on any atom is 0.241 e. The van der Waals surface area contributed by atoms with Crippen LogP contribution in [-0.2, 0) is 11.3 Å². The molecule has 0 aromatic carbocycles. The Hall–Kier alpha value is -1.28. The van der Waals surface area contributed by atoms with Crippen LogP contribution in [0.25, 0.3) is 11.4 Å². The third-order valence-corrected chi connectivity index (χ3v) is 4.66. The number of piperidine rings is 1. The Morgan fingerprint density at radius 1 is 1.57 bits per heavy atom. The number of nitrogens with two attached hydrogens (primary N) is 1. The molecule has 0 aliphatic carbocycles. The van der Waals surface area contributed by atoms with Crippen molar-refractivity contribution in [1.82, 2.24) is 15.0 Å². The zero-order valence-electron chi connectivity index (χ0n) is 12.1. The van der Waals surface area contributed by atoms with Gasteiger partial charge in [-0.05, 0) is 24.3 Å². The van der Waals surface area contributed by atoms with E-state index in [-0.39, 0.29) is 0 Å². The van der Waals surface area contributed by atoms with E-state index in [1.807, 2.05) is 16.8 Å². The molecule has 1 fully saturated rings. The van der Waals surface area contributed by atoms with Crippen molar-refractivity contribution >= 4 is 11.3 Å². The van der Waals surface area contributed by atoms with E-state index < -0.39 is 0 Å². The molecule has 2 aromatic heterocycles. The molecule has 6 nitrogen and oxygen atoms in total. The van der Waals surface area contributed by atoms with E-state index in [0.717, 1.165) is 24.9 Å². The first-order valence-electron chi connectivity index (χ1n) is 7.12. The summed E-state index contributed by atoms with van der Waals surface area (Å²) in [6.45, 7) is 2.21. The zero-order valence-corrected chi connectivity index (χ0v) is 12.9. The summed E-state index contributed by atoms with van der Waals surface area (Å²) in [6, 6.07) is 2.30. The number of hydrogen-bond donors (Lipinski definition) is 1. The Morgan fingerprint density at radius 3 is 3.19 bits per heavy atom. The van der Waals surface area contributed by atoms with E-state index >= 15 is 0 Å². The zero-order chi connectivity index (χ0) is 14.7. The fourth-order valence-corrected chi connectivity index (χ4v) is 3.37. The standard InChI is InChI=1S/C14H20N4O2S/c1-19-12-2-4-18(11(6-12)7-15)8-13-16-14(17-20-13)10-3-5-21-9-10/h3,5,9,11-12H,2,4,6-8,15H2,1H3. The van der Waals surface area contributed by atoms with Crippen molar-refractivity contribution in [3.8, 4) is 11.4 Å². The van der Waals surface area contributed by atoms with Gasteiger partial charge < -0.3 is 15.0 Å². The second kappa shape index (κ2) is 6.65. The Kier molecular flexibility index (Phi) is 4.64. The average Bonchev–Trinajstić information content (AvgIpc) is 3.18. The molecule has 21 heavy (non-hydrogen) atoms. The average molecular weight is 308 g/mol. The number of methoxy groups -OCH3 is 1. The summed E-state index contributed by atoms with van der Waals surface area (Å²) in [5, 5.41) is 8.06. The first-order chi connectivity index (χ1) is 10.3. The summed E-state index contributed by atoms with van der Waals surface area (Å²) < 4.78 is 10.8. The molecule has 1 aliphatic heterocycles. The van der Waals surface area contributed by atoms with Crippen LogP contribution < -0.4 is 5.73 Å². The maximum atomic E-state index is 5.88. The maximum absolute atomic E-state index is 5.88. The van der Waals surface area contributed by atoms with Crippen LogP contribution in [0.2, 0.25) is 0 Å². The lowest BCUT2D eigenvalue weighted by Gasteiger charge is -2.37. The Morgan fingerprint density at radius 2 is 2.48 bits per heavy atom. The molecule has 2 unspecified atom stereocenters. The largest absolute Gasteiger partial charge is 0.381 e. The van der Waals surface area contributed by atoms with Crippen LogP contribution in [0.5, 0.6) is 0 Å². The second-order valence-electron chi connectivity index (χ2n) is 5.27. The van der Waals surface area contributed by atoms with Crippen molar-refractivity contribution in [2.75, 3.05) is 20.2 Å². The summed E-state index contributed by atoms with van der Waals surface area (Å²) in [5.41, 5.74) is 6.89. The fourth-order valence-electron chi connectivity index (χ4n) is 2.73. The molecular weight excluding hydrogens is 288 g/mol. The molecule has 3 heterocycles. The van der Waals surface area contributed by atoms with Gasteiger partial charge in [-0.3, -0.25) is 4.90 Å². The van der Waals surface area contributed by atoms with E-state index in [2.05, 4.69) is 15.0 Å². The van der Waals surface area contributed by atoms with Crippen LogP contribution in [0.3, 0.4) is 0 Å². The Labute approximate surface area is 127 Å². The number of aromatic nitrogens is 2. The number of ether oxygens (including phenoxy) is 1. The molecule has 114 valence electrons. The van der Waals surface area contributed by atoms with E-state index in [0.29, 0.717) is 37.0 Å². The third-order valence-electron chi connectivity index (χ3n) is 3.98. The van der Waals surface area contributed by atoms with Gasteiger partial charge in [-0.1, -0.05) is 5.16 Å². The van der Waals surface area contributed by atoms with Crippen LogP contribution in [0.1, 0.15) is 18.7 Å².